The van der Waals surface area contributed by atoms with Gasteiger partial charge in [0, 0.05) is 7.11 Å². The average molecular weight is 318 g/mol. The van der Waals surface area contributed by atoms with Crippen LogP contribution in [0.1, 0.15) is 11.1 Å². The Balaban J connectivity index is 2.39. The second kappa shape index (κ2) is 6.53. The first-order valence-electron chi connectivity index (χ1n) is 7.93. The Morgan fingerprint density at radius 3 is 1.48 bits per heavy atom. The van der Waals surface area contributed by atoms with Crippen LogP contribution in [0.25, 0.3) is 0 Å². The summed E-state index contributed by atoms with van der Waals surface area (Å²) in [6, 6.07) is 27.9. The van der Waals surface area contributed by atoms with Crippen molar-refractivity contribution in [1.82, 2.24) is 0 Å². The maximum absolute atomic E-state index is 6.40. The highest BCUT2D eigenvalue weighted by molar-refractivity contribution is 7.07. The highest BCUT2D eigenvalue weighted by atomic mass is 28.4. The van der Waals surface area contributed by atoms with Crippen molar-refractivity contribution in [3.05, 3.63) is 90.0 Å². The van der Waals surface area contributed by atoms with Crippen LogP contribution in [0.4, 0.5) is 0 Å². The molecule has 0 saturated heterocycles. The minimum Gasteiger partial charge on any atom is -0.408 e. The number of benzene rings is 3. The van der Waals surface area contributed by atoms with Gasteiger partial charge in [-0.2, -0.15) is 0 Å². The summed E-state index contributed by atoms with van der Waals surface area (Å²) in [5.74, 6) is 0. The van der Waals surface area contributed by atoms with Crippen molar-refractivity contribution in [3.63, 3.8) is 0 Å². The molecule has 0 aliphatic rings. The molecule has 0 aromatic heterocycles. The van der Waals surface area contributed by atoms with E-state index in [-0.39, 0.29) is 0 Å². The third kappa shape index (κ3) is 2.65. The monoisotopic (exact) mass is 318 g/mol. The van der Waals surface area contributed by atoms with Gasteiger partial charge >= 0.3 is 0 Å². The maximum Gasteiger partial charge on any atom is 0.288 e. The van der Waals surface area contributed by atoms with Crippen molar-refractivity contribution in [3.8, 4) is 0 Å². The maximum atomic E-state index is 6.40. The van der Waals surface area contributed by atoms with E-state index in [9.17, 15) is 0 Å². The lowest BCUT2D eigenvalue weighted by Crippen LogP contribution is -2.70. The highest BCUT2D eigenvalue weighted by Crippen LogP contribution is 2.13. The van der Waals surface area contributed by atoms with Crippen molar-refractivity contribution in [2.75, 3.05) is 7.11 Å². The van der Waals surface area contributed by atoms with E-state index < -0.39 is 8.32 Å². The lowest BCUT2D eigenvalue weighted by Gasteiger charge is -2.33. The SMILES string of the molecule is CO[Si](c1ccccc1)(c1ccccc1C)c1ccccc1C. The molecule has 0 radical (unpaired) electrons. The molecule has 0 aliphatic carbocycles. The molecule has 0 amide bonds. The lowest BCUT2D eigenvalue weighted by atomic mass is 10.2. The van der Waals surface area contributed by atoms with Crippen LogP contribution in [-0.2, 0) is 4.43 Å². The molecule has 0 N–H and O–H groups in total. The Hall–Kier alpha value is -2.16. The summed E-state index contributed by atoms with van der Waals surface area (Å²) in [7, 11) is -0.628. The molecule has 1 nitrogen and oxygen atoms in total. The van der Waals surface area contributed by atoms with Gasteiger partial charge < -0.3 is 4.43 Å². The van der Waals surface area contributed by atoms with E-state index in [1.165, 1.54) is 26.7 Å². The standard InChI is InChI=1S/C21H22OSi/c1-17-11-7-9-15-20(17)23(22-3,19-13-5-4-6-14-19)21-16-10-8-12-18(21)2/h4-16H,1-3H3. The summed E-state index contributed by atoms with van der Waals surface area (Å²) < 4.78 is 6.40. The second-order valence-electron chi connectivity index (χ2n) is 5.88. The van der Waals surface area contributed by atoms with Gasteiger partial charge in [0.1, 0.15) is 0 Å². The van der Waals surface area contributed by atoms with E-state index in [0.717, 1.165) is 0 Å². The van der Waals surface area contributed by atoms with Crippen LogP contribution in [0.5, 0.6) is 0 Å². The van der Waals surface area contributed by atoms with E-state index in [0.29, 0.717) is 0 Å². The summed E-state index contributed by atoms with van der Waals surface area (Å²) in [4.78, 5) is 0. The Bertz CT molecular complexity index is 750. The largest absolute Gasteiger partial charge is 0.408 e. The minimum atomic E-state index is -2.49. The first kappa shape index (κ1) is 15.7. The van der Waals surface area contributed by atoms with Crippen LogP contribution < -0.4 is 15.6 Å². The fourth-order valence-electron chi connectivity index (χ4n) is 3.40. The molecule has 2 heteroatoms. The fourth-order valence-corrected chi connectivity index (χ4v) is 7.59. The van der Waals surface area contributed by atoms with Gasteiger partial charge in [-0.25, -0.2) is 0 Å². The van der Waals surface area contributed by atoms with Gasteiger partial charge in [0.05, 0.1) is 0 Å². The summed E-state index contributed by atoms with van der Waals surface area (Å²) in [5, 5.41) is 3.93. The summed E-state index contributed by atoms with van der Waals surface area (Å²) in [5.41, 5.74) is 2.57. The van der Waals surface area contributed by atoms with Gasteiger partial charge in [0.2, 0.25) is 0 Å². The third-order valence-corrected chi connectivity index (χ3v) is 8.93. The topological polar surface area (TPSA) is 9.23 Å². The second-order valence-corrected chi connectivity index (χ2v) is 9.31. The van der Waals surface area contributed by atoms with Gasteiger partial charge in [0.15, 0.2) is 0 Å². The number of rotatable bonds is 4. The van der Waals surface area contributed by atoms with Gasteiger partial charge in [-0.05, 0) is 40.5 Å². The summed E-state index contributed by atoms with van der Waals surface area (Å²) in [6.07, 6.45) is 0. The highest BCUT2D eigenvalue weighted by Gasteiger charge is 2.42. The molecule has 23 heavy (non-hydrogen) atoms. The molecule has 0 spiro atoms. The molecule has 3 aromatic rings. The van der Waals surface area contributed by atoms with Crippen LogP contribution in [0.2, 0.25) is 0 Å². The molecule has 116 valence electrons. The van der Waals surface area contributed by atoms with Crippen molar-refractivity contribution < 1.29 is 4.43 Å². The molecule has 0 heterocycles. The van der Waals surface area contributed by atoms with Gasteiger partial charge in [0.25, 0.3) is 8.32 Å². The van der Waals surface area contributed by atoms with Crippen molar-refractivity contribution in [2.45, 2.75) is 13.8 Å². The Morgan fingerprint density at radius 2 is 1.04 bits per heavy atom. The molecule has 0 unspecified atom stereocenters. The zero-order valence-corrected chi connectivity index (χ0v) is 14.9. The zero-order chi connectivity index (χ0) is 16.3. The van der Waals surface area contributed by atoms with E-state index in [1.807, 2.05) is 7.11 Å². The van der Waals surface area contributed by atoms with Crippen molar-refractivity contribution in [2.24, 2.45) is 0 Å². The van der Waals surface area contributed by atoms with E-state index >= 15 is 0 Å². The molecule has 3 rings (SSSR count). The van der Waals surface area contributed by atoms with Crippen LogP contribution in [0.3, 0.4) is 0 Å². The van der Waals surface area contributed by atoms with Crippen LogP contribution >= 0.6 is 0 Å². The summed E-state index contributed by atoms with van der Waals surface area (Å²) >= 11 is 0. The number of hydrogen-bond acceptors (Lipinski definition) is 1. The molecule has 3 aromatic carbocycles. The van der Waals surface area contributed by atoms with Gasteiger partial charge in [-0.15, -0.1) is 0 Å². The molecule has 0 bridgehead atoms. The van der Waals surface area contributed by atoms with Crippen molar-refractivity contribution >= 4 is 23.9 Å². The lowest BCUT2D eigenvalue weighted by molar-refractivity contribution is 0.426. The quantitative estimate of drug-likeness (QED) is 0.531. The van der Waals surface area contributed by atoms with Crippen LogP contribution in [0.15, 0.2) is 78.9 Å². The van der Waals surface area contributed by atoms with Gasteiger partial charge in [-0.3, -0.25) is 0 Å². The Kier molecular flexibility index (Phi) is 4.46. The first-order valence-corrected chi connectivity index (χ1v) is 9.84. The number of hydrogen-bond donors (Lipinski definition) is 0. The Labute approximate surface area is 139 Å². The normalized spacial score (nSPS) is 11.4. The predicted octanol–water partition coefficient (Wildman–Crippen LogP) is 2.92. The first-order chi connectivity index (χ1) is 11.2. The van der Waals surface area contributed by atoms with E-state index in [4.69, 9.17) is 4.43 Å². The molecular weight excluding hydrogens is 296 g/mol. The average Bonchev–Trinajstić information content (AvgIpc) is 2.60. The predicted molar refractivity (Wildman–Crippen MR) is 100 cm³/mol. The molecule has 0 atom stereocenters. The van der Waals surface area contributed by atoms with Crippen molar-refractivity contribution in [1.29, 1.82) is 0 Å². The minimum absolute atomic E-state index is 1.28. The molecule has 0 saturated carbocycles. The van der Waals surface area contributed by atoms with Crippen LogP contribution in [0, 0.1) is 13.8 Å². The van der Waals surface area contributed by atoms with Crippen LogP contribution in [-0.4, -0.2) is 15.4 Å². The Morgan fingerprint density at radius 1 is 0.609 bits per heavy atom. The smallest absolute Gasteiger partial charge is 0.288 e. The molecular formula is C21H22OSi. The molecule has 0 fully saturated rings. The molecule has 0 aliphatic heterocycles. The third-order valence-electron chi connectivity index (χ3n) is 4.54. The zero-order valence-electron chi connectivity index (χ0n) is 13.9. The summed E-state index contributed by atoms with van der Waals surface area (Å²) in [6.45, 7) is 4.36. The van der Waals surface area contributed by atoms with E-state index in [1.54, 1.807) is 0 Å². The number of aryl methyl sites for hydroxylation is 2. The fraction of sp³-hybridized carbons (Fsp3) is 0.143. The van der Waals surface area contributed by atoms with Gasteiger partial charge in [-0.1, -0.05) is 78.9 Å². The van der Waals surface area contributed by atoms with E-state index in [2.05, 4.69) is 92.7 Å².